The van der Waals surface area contributed by atoms with Crippen molar-refractivity contribution in [2.75, 3.05) is 11.9 Å². The Kier molecular flexibility index (Phi) is 8.22. The summed E-state index contributed by atoms with van der Waals surface area (Å²) in [5.41, 5.74) is 7.64. The van der Waals surface area contributed by atoms with E-state index in [0.717, 1.165) is 24.1 Å². The summed E-state index contributed by atoms with van der Waals surface area (Å²) >= 11 is 0. The summed E-state index contributed by atoms with van der Waals surface area (Å²) < 4.78 is 0. The number of rotatable bonds is 6. The van der Waals surface area contributed by atoms with Crippen LogP contribution in [-0.4, -0.2) is 18.4 Å². The van der Waals surface area contributed by atoms with Crippen LogP contribution in [0.15, 0.2) is 24.3 Å². The zero-order valence-corrected chi connectivity index (χ0v) is 15.1. The maximum absolute atomic E-state index is 12.3. The fourth-order valence-electron chi connectivity index (χ4n) is 3.32. The molecule has 0 unspecified atom stereocenters. The molecule has 1 aromatic carbocycles. The van der Waals surface area contributed by atoms with Gasteiger partial charge >= 0.3 is 0 Å². The molecule has 0 radical (unpaired) electrons. The van der Waals surface area contributed by atoms with Crippen molar-refractivity contribution in [1.82, 2.24) is 5.32 Å². The van der Waals surface area contributed by atoms with E-state index >= 15 is 0 Å². The summed E-state index contributed by atoms with van der Waals surface area (Å²) in [6.45, 7) is 2.52. The number of halogens is 1. The van der Waals surface area contributed by atoms with Crippen molar-refractivity contribution >= 4 is 29.9 Å². The summed E-state index contributed by atoms with van der Waals surface area (Å²) in [7, 11) is 0. The van der Waals surface area contributed by atoms with Gasteiger partial charge in [0.2, 0.25) is 11.8 Å². The van der Waals surface area contributed by atoms with E-state index in [9.17, 15) is 9.59 Å². The molecule has 0 aliphatic heterocycles. The highest BCUT2D eigenvalue weighted by Crippen LogP contribution is 2.38. The molecule has 5 nitrogen and oxygen atoms in total. The lowest BCUT2D eigenvalue weighted by Crippen LogP contribution is -2.38. The summed E-state index contributed by atoms with van der Waals surface area (Å²) in [6.07, 6.45) is 6.20. The van der Waals surface area contributed by atoms with Crippen molar-refractivity contribution in [1.29, 1.82) is 0 Å². The molecule has 6 heteroatoms. The molecule has 1 fully saturated rings. The fourth-order valence-corrected chi connectivity index (χ4v) is 3.32. The van der Waals surface area contributed by atoms with Crippen molar-refractivity contribution in [2.24, 2.45) is 11.1 Å². The van der Waals surface area contributed by atoms with E-state index in [1.807, 2.05) is 24.3 Å². The number of carbonyl (C=O) groups excluding carboxylic acids is 2. The molecule has 134 valence electrons. The summed E-state index contributed by atoms with van der Waals surface area (Å²) in [4.78, 5) is 23.4. The highest BCUT2D eigenvalue weighted by atomic mass is 35.5. The average molecular weight is 354 g/mol. The minimum absolute atomic E-state index is 0. The van der Waals surface area contributed by atoms with Gasteiger partial charge < -0.3 is 16.4 Å². The lowest BCUT2D eigenvalue weighted by atomic mass is 9.71. The second-order valence-corrected chi connectivity index (χ2v) is 6.60. The molecule has 0 aromatic heterocycles. The van der Waals surface area contributed by atoms with Gasteiger partial charge in [-0.25, -0.2) is 0 Å². The molecule has 2 amide bonds. The Morgan fingerprint density at radius 3 is 2.54 bits per heavy atom. The van der Waals surface area contributed by atoms with E-state index in [4.69, 9.17) is 5.73 Å². The Hall–Kier alpha value is -1.59. The summed E-state index contributed by atoms with van der Waals surface area (Å²) in [6, 6.07) is 7.51. The normalized spacial score (nSPS) is 15.9. The first-order chi connectivity index (χ1) is 11.0. The van der Waals surface area contributed by atoms with Crippen LogP contribution in [0, 0.1) is 5.41 Å². The SMILES string of the molecule is CC(=O)Nc1cccc(CNC(=O)CC2(CN)CCCCC2)c1.Cl. The molecule has 4 N–H and O–H groups in total. The number of nitrogens with two attached hydrogens (primary N) is 1. The Balaban J connectivity index is 0.00000288. The van der Waals surface area contributed by atoms with Gasteiger partial charge in [-0.05, 0) is 42.5 Å². The molecule has 0 spiro atoms. The van der Waals surface area contributed by atoms with Crippen molar-refractivity contribution in [3.05, 3.63) is 29.8 Å². The number of benzene rings is 1. The first-order valence-electron chi connectivity index (χ1n) is 8.36. The Morgan fingerprint density at radius 2 is 1.92 bits per heavy atom. The van der Waals surface area contributed by atoms with Crippen LogP contribution in [0.1, 0.15) is 51.0 Å². The van der Waals surface area contributed by atoms with E-state index < -0.39 is 0 Å². The van der Waals surface area contributed by atoms with Gasteiger partial charge in [0.1, 0.15) is 0 Å². The largest absolute Gasteiger partial charge is 0.352 e. The molecule has 0 bridgehead atoms. The second kappa shape index (κ2) is 9.64. The quantitative estimate of drug-likeness (QED) is 0.735. The van der Waals surface area contributed by atoms with Gasteiger partial charge in [-0.3, -0.25) is 9.59 Å². The standard InChI is InChI=1S/C18H27N3O2.ClH/c1-14(22)21-16-7-5-6-15(10-16)12-20-17(23)11-18(13-19)8-3-2-4-9-18;/h5-7,10H,2-4,8-9,11-13,19H2,1H3,(H,20,23)(H,21,22);1H. The molecular weight excluding hydrogens is 326 g/mol. The van der Waals surface area contributed by atoms with Gasteiger partial charge in [0.05, 0.1) is 0 Å². The predicted octanol–water partition coefficient (Wildman–Crippen LogP) is 2.98. The topological polar surface area (TPSA) is 84.2 Å². The van der Waals surface area contributed by atoms with Gasteiger partial charge in [0, 0.05) is 25.6 Å². The maximum Gasteiger partial charge on any atom is 0.221 e. The molecule has 0 heterocycles. The fraction of sp³-hybridized carbons (Fsp3) is 0.556. The lowest BCUT2D eigenvalue weighted by molar-refractivity contribution is -0.124. The minimum atomic E-state index is -0.103. The molecule has 24 heavy (non-hydrogen) atoms. The van der Waals surface area contributed by atoms with Crippen LogP contribution >= 0.6 is 12.4 Å². The van der Waals surface area contributed by atoms with Gasteiger partial charge in [-0.2, -0.15) is 0 Å². The van der Waals surface area contributed by atoms with Crippen LogP contribution in [-0.2, 0) is 16.1 Å². The second-order valence-electron chi connectivity index (χ2n) is 6.60. The highest BCUT2D eigenvalue weighted by Gasteiger charge is 2.32. The third-order valence-corrected chi connectivity index (χ3v) is 4.62. The minimum Gasteiger partial charge on any atom is -0.352 e. The molecule has 1 aromatic rings. The van der Waals surface area contributed by atoms with Crippen LogP contribution in [0.5, 0.6) is 0 Å². The maximum atomic E-state index is 12.3. The van der Waals surface area contributed by atoms with Gasteiger partial charge in [-0.1, -0.05) is 31.4 Å². The highest BCUT2D eigenvalue weighted by molar-refractivity contribution is 5.88. The molecule has 1 aliphatic carbocycles. The predicted molar refractivity (Wildman–Crippen MR) is 99.0 cm³/mol. The number of amides is 2. The van der Waals surface area contributed by atoms with E-state index in [-0.39, 0.29) is 29.6 Å². The van der Waals surface area contributed by atoms with E-state index in [0.29, 0.717) is 19.5 Å². The van der Waals surface area contributed by atoms with Crippen LogP contribution in [0.3, 0.4) is 0 Å². The first-order valence-corrected chi connectivity index (χ1v) is 8.36. The van der Waals surface area contributed by atoms with Crippen molar-refractivity contribution in [3.63, 3.8) is 0 Å². The number of hydrogen-bond acceptors (Lipinski definition) is 3. The molecule has 0 atom stereocenters. The Morgan fingerprint density at radius 1 is 1.21 bits per heavy atom. The lowest BCUT2D eigenvalue weighted by Gasteiger charge is -2.35. The zero-order valence-electron chi connectivity index (χ0n) is 14.3. The number of carbonyl (C=O) groups is 2. The van der Waals surface area contributed by atoms with E-state index in [1.165, 1.54) is 26.2 Å². The van der Waals surface area contributed by atoms with Crippen LogP contribution in [0.25, 0.3) is 0 Å². The van der Waals surface area contributed by atoms with Crippen molar-refractivity contribution in [2.45, 2.75) is 52.0 Å². The first kappa shape index (κ1) is 20.5. The zero-order chi connectivity index (χ0) is 16.7. The van der Waals surface area contributed by atoms with E-state index in [1.54, 1.807) is 0 Å². The van der Waals surface area contributed by atoms with Gasteiger partial charge in [0.25, 0.3) is 0 Å². The molecular formula is C18H28ClN3O2. The number of hydrogen-bond donors (Lipinski definition) is 3. The molecule has 2 rings (SSSR count). The summed E-state index contributed by atoms with van der Waals surface area (Å²) in [5.74, 6) is -0.0457. The molecule has 1 saturated carbocycles. The van der Waals surface area contributed by atoms with Gasteiger partial charge in [0.15, 0.2) is 0 Å². The van der Waals surface area contributed by atoms with Gasteiger partial charge in [-0.15, -0.1) is 12.4 Å². The molecule has 1 aliphatic rings. The third-order valence-electron chi connectivity index (χ3n) is 4.62. The van der Waals surface area contributed by atoms with Crippen molar-refractivity contribution in [3.8, 4) is 0 Å². The monoisotopic (exact) mass is 353 g/mol. The smallest absolute Gasteiger partial charge is 0.221 e. The van der Waals surface area contributed by atoms with E-state index in [2.05, 4.69) is 10.6 Å². The Bertz CT molecular complexity index is 557. The van der Waals surface area contributed by atoms with Crippen LogP contribution in [0.4, 0.5) is 5.69 Å². The number of anilines is 1. The summed E-state index contributed by atoms with van der Waals surface area (Å²) in [5, 5.41) is 5.72. The third kappa shape index (κ3) is 6.13. The molecule has 0 saturated heterocycles. The Labute approximate surface area is 150 Å². The number of nitrogens with one attached hydrogen (secondary N) is 2. The average Bonchev–Trinajstić information content (AvgIpc) is 2.53. The van der Waals surface area contributed by atoms with Crippen molar-refractivity contribution < 1.29 is 9.59 Å². The van der Waals surface area contributed by atoms with Crippen LogP contribution in [0.2, 0.25) is 0 Å². The van der Waals surface area contributed by atoms with Crippen LogP contribution < -0.4 is 16.4 Å².